The molecular weight excluding hydrogens is 164 g/mol. The largest absolute Gasteiger partial charge is 0.395 e. The fourth-order valence-corrected chi connectivity index (χ4v) is 1.85. The van der Waals surface area contributed by atoms with Crippen molar-refractivity contribution in [2.24, 2.45) is 0 Å². The number of nitrogens with zero attached hydrogens (tertiary/aromatic N) is 1. The van der Waals surface area contributed by atoms with Crippen LogP contribution < -0.4 is 5.32 Å². The van der Waals surface area contributed by atoms with Crippen molar-refractivity contribution in [1.29, 1.82) is 0 Å². The minimum Gasteiger partial charge on any atom is -0.395 e. The van der Waals surface area contributed by atoms with Gasteiger partial charge in [-0.25, -0.2) is 0 Å². The van der Waals surface area contributed by atoms with Crippen molar-refractivity contribution in [3.63, 3.8) is 0 Å². The molecule has 3 nitrogen and oxygen atoms in total. The van der Waals surface area contributed by atoms with Crippen molar-refractivity contribution >= 4 is 0 Å². The second-order valence-corrected chi connectivity index (χ2v) is 3.50. The number of rotatable bonds is 2. The van der Waals surface area contributed by atoms with E-state index in [1.165, 1.54) is 5.56 Å². The number of aliphatic hydroxyl groups is 1. The normalized spacial score (nSPS) is 27.8. The molecular formula is C10H14N2O. The lowest BCUT2D eigenvalue weighted by molar-refractivity contribution is 0.254. The van der Waals surface area contributed by atoms with Crippen molar-refractivity contribution in [2.45, 2.75) is 18.4 Å². The van der Waals surface area contributed by atoms with Crippen LogP contribution in [-0.4, -0.2) is 29.3 Å². The van der Waals surface area contributed by atoms with Gasteiger partial charge in [-0.15, -0.1) is 0 Å². The molecule has 2 N–H and O–H groups in total. The highest BCUT2D eigenvalue weighted by Crippen LogP contribution is 2.24. The lowest BCUT2D eigenvalue weighted by Gasteiger charge is -2.07. The van der Waals surface area contributed by atoms with Crippen LogP contribution in [0.4, 0.5) is 0 Å². The molecule has 2 atom stereocenters. The molecule has 0 radical (unpaired) electrons. The van der Waals surface area contributed by atoms with Crippen LogP contribution in [0, 0.1) is 0 Å². The van der Waals surface area contributed by atoms with E-state index in [2.05, 4.69) is 10.3 Å². The number of hydrogen-bond acceptors (Lipinski definition) is 3. The molecule has 2 rings (SSSR count). The van der Waals surface area contributed by atoms with Gasteiger partial charge in [-0.05, 0) is 30.0 Å². The van der Waals surface area contributed by atoms with Gasteiger partial charge in [0.2, 0.25) is 0 Å². The smallest absolute Gasteiger partial charge is 0.0584 e. The van der Waals surface area contributed by atoms with Crippen LogP contribution in [0.3, 0.4) is 0 Å². The van der Waals surface area contributed by atoms with Gasteiger partial charge in [-0.1, -0.05) is 0 Å². The first-order chi connectivity index (χ1) is 6.40. The van der Waals surface area contributed by atoms with Crippen LogP contribution in [0.25, 0.3) is 0 Å². The molecule has 0 saturated carbocycles. The Bertz CT molecular complexity index is 263. The Hall–Kier alpha value is -0.930. The number of pyridine rings is 1. The van der Waals surface area contributed by atoms with Gasteiger partial charge in [0.1, 0.15) is 0 Å². The molecule has 1 saturated heterocycles. The molecule has 0 aromatic carbocycles. The topological polar surface area (TPSA) is 45.2 Å². The fourth-order valence-electron chi connectivity index (χ4n) is 1.85. The summed E-state index contributed by atoms with van der Waals surface area (Å²) >= 11 is 0. The van der Waals surface area contributed by atoms with E-state index in [4.69, 9.17) is 5.11 Å². The van der Waals surface area contributed by atoms with E-state index in [1.54, 1.807) is 0 Å². The Kier molecular flexibility index (Phi) is 2.57. The van der Waals surface area contributed by atoms with Crippen LogP contribution in [0.5, 0.6) is 0 Å². The average molecular weight is 178 g/mol. The molecule has 0 spiro atoms. The Morgan fingerprint density at radius 1 is 1.46 bits per heavy atom. The molecule has 2 heterocycles. The molecule has 1 fully saturated rings. The van der Waals surface area contributed by atoms with E-state index in [0.29, 0.717) is 5.92 Å². The van der Waals surface area contributed by atoms with Crippen molar-refractivity contribution < 1.29 is 5.11 Å². The summed E-state index contributed by atoms with van der Waals surface area (Å²) in [5.74, 6) is 0.542. The highest BCUT2D eigenvalue weighted by Gasteiger charge is 2.24. The monoisotopic (exact) mass is 178 g/mol. The highest BCUT2D eigenvalue weighted by atomic mass is 16.3. The first-order valence-corrected chi connectivity index (χ1v) is 4.64. The third-order valence-electron chi connectivity index (χ3n) is 2.62. The molecule has 0 amide bonds. The van der Waals surface area contributed by atoms with Gasteiger partial charge in [-0.3, -0.25) is 4.98 Å². The van der Waals surface area contributed by atoms with Crippen LogP contribution in [0.2, 0.25) is 0 Å². The lowest BCUT2D eigenvalue weighted by atomic mass is 9.98. The summed E-state index contributed by atoms with van der Waals surface area (Å²) in [4.78, 5) is 3.99. The molecule has 70 valence electrons. The summed E-state index contributed by atoms with van der Waals surface area (Å²) in [5.41, 5.74) is 1.32. The molecule has 0 aliphatic carbocycles. The van der Waals surface area contributed by atoms with Crippen molar-refractivity contribution in [1.82, 2.24) is 10.3 Å². The van der Waals surface area contributed by atoms with Gasteiger partial charge < -0.3 is 10.4 Å². The van der Waals surface area contributed by atoms with E-state index in [9.17, 15) is 0 Å². The molecule has 1 aliphatic heterocycles. The van der Waals surface area contributed by atoms with E-state index in [-0.39, 0.29) is 12.6 Å². The molecule has 3 heteroatoms. The van der Waals surface area contributed by atoms with Crippen LogP contribution in [0.15, 0.2) is 24.5 Å². The second-order valence-electron chi connectivity index (χ2n) is 3.50. The summed E-state index contributed by atoms with van der Waals surface area (Å²) in [6.07, 6.45) is 4.67. The molecule has 2 unspecified atom stereocenters. The Morgan fingerprint density at radius 2 is 2.23 bits per heavy atom. The zero-order chi connectivity index (χ0) is 9.10. The predicted octanol–water partition coefficient (Wildman–Crippen LogP) is 0.519. The van der Waals surface area contributed by atoms with Gasteiger partial charge in [0.05, 0.1) is 6.61 Å². The molecule has 1 aromatic heterocycles. The van der Waals surface area contributed by atoms with E-state index >= 15 is 0 Å². The number of aromatic nitrogens is 1. The molecule has 1 aliphatic rings. The maximum Gasteiger partial charge on any atom is 0.0584 e. The predicted molar refractivity (Wildman–Crippen MR) is 50.5 cm³/mol. The summed E-state index contributed by atoms with van der Waals surface area (Å²) in [6, 6.07) is 4.37. The quantitative estimate of drug-likeness (QED) is 0.694. The van der Waals surface area contributed by atoms with Gasteiger partial charge >= 0.3 is 0 Å². The van der Waals surface area contributed by atoms with E-state index < -0.39 is 0 Å². The number of hydrogen-bond donors (Lipinski definition) is 2. The van der Waals surface area contributed by atoms with Crippen molar-refractivity contribution in [3.05, 3.63) is 30.1 Å². The van der Waals surface area contributed by atoms with Gasteiger partial charge in [-0.2, -0.15) is 0 Å². The second kappa shape index (κ2) is 3.85. The molecule has 13 heavy (non-hydrogen) atoms. The zero-order valence-electron chi connectivity index (χ0n) is 7.48. The Balaban J connectivity index is 2.04. The molecule has 1 aromatic rings. The summed E-state index contributed by atoms with van der Waals surface area (Å²) in [5, 5.41) is 12.2. The number of aliphatic hydroxyl groups excluding tert-OH is 1. The Labute approximate surface area is 77.8 Å². The standard InChI is InChI=1S/C10H14N2O/c13-7-10-5-9(6-12-10)8-1-3-11-4-2-8/h1-4,9-10,12-13H,5-7H2. The van der Waals surface area contributed by atoms with E-state index in [1.807, 2.05) is 24.5 Å². The average Bonchev–Trinajstić information content (AvgIpc) is 2.67. The lowest BCUT2D eigenvalue weighted by Crippen LogP contribution is -2.24. The van der Waals surface area contributed by atoms with Crippen molar-refractivity contribution in [3.8, 4) is 0 Å². The maximum absolute atomic E-state index is 8.96. The minimum absolute atomic E-state index is 0.238. The van der Waals surface area contributed by atoms with Crippen LogP contribution in [-0.2, 0) is 0 Å². The number of nitrogens with one attached hydrogen (secondary N) is 1. The Morgan fingerprint density at radius 3 is 2.85 bits per heavy atom. The van der Waals surface area contributed by atoms with E-state index in [0.717, 1.165) is 13.0 Å². The summed E-state index contributed by atoms with van der Waals surface area (Å²) in [6.45, 7) is 1.21. The fraction of sp³-hybridized carbons (Fsp3) is 0.500. The highest BCUT2D eigenvalue weighted by molar-refractivity contribution is 5.18. The minimum atomic E-state index is 0.238. The van der Waals surface area contributed by atoms with Crippen molar-refractivity contribution in [2.75, 3.05) is 13.2 Å². The summed E-state index contributed by atoms with van der Waals surface area (Å²) in [7, 11) is 0. The third kappa shape index (κ3) is 1.87. The third-order valence-corrected chi connectivity index (χ3v) is 2.62. The molecule has 0 bridgehead atoms. The first kappa shape index (κ1) is 8.66. The van der Waals surface area contributed by atoms with Gasteiger partial charge in [0.15, 0.2) is 0 Å². The van der Waals surface area contributed by atoms with Crippen LogP contribution >= 0.6 is 0 Å². The SMILES string of the molecule is OCC1CC(c2ccncc2)CN1. The van der Waals surface area contributed by atoms with Gasteiger partial charge in [0, 0.05) is 25.0 Å². The van der Waals surface area contributed by atoms with Gasteiger partial charge in [0.25, 0.3) is 0 Å². The first-order valence-electron chi connectivity index (χ1n) is 4.64. The van der Waals surface area contributed by atoms with Crippen LogP contribution in [0.1, 0.15) is 17.9 Å². The zero-order valence-corrected chi connectivity index (χ0v) is 7.48. The summed E-state index contributed by atoms with van der Waals surface area (Å²) < 4.78 is 0. The maximum atomic E-state index is 8.96.